The number of para-hydroxylation sites is 2. The highest BCUT2D eigenvalue weighted by molar-refractivity contribution is 6.31. The molecule has 0 aliphatic heterocycles. The maximum absolute atomic E-state index is 12.5. The normalized spacial score (nSPS) is 11.1. The van der Waals surface area contributed by atoms with Gasteiger partial charge in [0.2, 0.25) is 5.91 Å². The Morgan fingerprint density at radius 3 is 2.59 bits per heavy atom. The average Bonchev–Trinajstić information content (AvgIpc) is 3.25. The van der Waals surface area contributed by atoms with E-state index in [1.54, 1.807) is 33.1 Å². The second kappa shape index (κ2) is 7.97. The molecular formula is C21H20ClN5O2. The van der Waals surface area contributed by atoms with E-state index >= 15 is 0 Å². The molecule has 0 unspecified atom stereocenters. The molecule has 8 heteroatoms. The number of aromatic nitrogens is 4. The Bertz CT molecular complexity index is 1240. The predicted molar refractivity (Wildman–Crippen MR) is 113 cm³/mol. The van der Waals surface area contributed by atoms with Gasteiger partial charge in [0.05, 0.1) is 23.8 Å². The molecule has 0 saturated heterocycles. The van der Waals surface area contributed by atoms with Gasteiger partial charge in [0.25, 0.3) is 0 Å². The fourth-order valence-electron chi connectivity index (χ4n) is 3.35. The predicted octanol–water partition coefficient (Wildman–Crippen LogP) is 3.27. The zero-order valence-corrected chi connectivity index (χ0v) is 16.6. The number of benzene rings is 2. The standard InChI is InChI=1S/C21H20ClN5O2/c1-25-17-8-4-5-9-18(17)26(21(25)29)13-11-20(28)24-19-10-12-23-27(19)14-15-6-2-3-7-16(15)22/h2-10,12H,11,13-14H2,1H3,(H,24,28). The highest BCUT2D eigenvalue weighted by atomic mass is 35.5. The van der Waals surface area contributed by atoms with Crippen LogP contribution in [0.1, 0.15) is 12.0 Å². The van der Waals surface area contributed by atoms with Crippen LogP contribution in [0.25, 0.3) is 11.0 Å². The first-order chi connectivity index (χ1) is 14.0. The molecule has 4 rings (SSSR count). The Kier molecular flexibility index (Phi) is 5.22. The van der Waals surface area contributed by atoms with Gasteiger partial charge in [-0.2, -0.15) is 5.10 Å². The summed E-state index contributed by atoms with van der Waals surface area (Å²) in [6.45, 7) is 0.746. The number of aryl methyl sites for hydroxylation is 2. The largest absolute Gasteiger partial charge is 0.328 e. The van der Waals surface area contributed by atoms with E-state index in [1.807, 2.05) is 48.5 Å². The van der Waals surface area contributed by atoms with Gasteiger partial charge in [0.15, 0.2) is 0 Å². The first-order valence-electron chi connectivity index (χ1n) is 9.24. The maximum Gasteiger partial charge on any atom is 0.328 e. The molecule has 0 atom stereocenters. The van der Waals surface area contributed by atoms with Crippen LogP contribution in [-0.2, 0) is 24.9 Å². The Morgan fingerprint density at radius 2 is 1.79 bits per heavy atom. The molecule has 0 fully saturated rings. The van der Waals surface area contributed by atoms with Crippen LogP contribution in [0.3, 0.4) is 0 Å². The molecule has 0 radical (unpaired) electrons. The topological polar surface area (TPSA) is 73.8 Å². The van der Waals surface area contributed by atoms with Crippen LogP contribution in [0.4, 0.5) is 5.82 Å². The number of fused-ring (bicyclic) bond motifs is 1. The maximum atomic E-state index is 12.5. The summed E-state index contributed by atoms with van der Waals surface area (Å²) in [5.41, 5.74) is 2.44. The lowest BCUT2D eigenvalue weighted by atomic mass is 10.2. The number of rotatable bonds is 6. The van der Waals surface area contributed by atoms with Crippen molar-refractivity contribution in [2.75, 3.05) is 5.32 Å². The van der Waals surface area contributed by atoms with Crippen LogP contribution in [0, 0.1) is 0 Å². The summed E-state index contributed by atoms with van der Waals surface area (Å²) in [5.74, 6) is 0.394. The van der Waals surface area contributed by atoms with Gasteiger partial charge < -0.3 is 5.32 Å². The Morgan fingerprint density at radius 1 is 1.07 bits per heavy atom. The third-order valence-electron chi connectivity index (χ3n) is 4.88. The number of nitrogens with zero attached hydrogens (tertiary/aromatic N) is 4. The molecular weight excluding hydrogens is 390 g/mol. The third kappa shape index (κ3) is 3.82. The number of imidazole rings is 1. The van der Waals surface area contributed by atoms with Crippen molar-refractivity contribution in [1.82, 2.24) is 18.9 Å². The molecule has 0 aliphatic carbocycles. The van der Waals surface area contributed by atoms with E-state index < -0.39 is 0 Å². The Labute approximate surface area is 172 Å². The van der Waals surface area contributed by atoms with Crippen molar-refractivity contribution in [2.24, 2.45) is 7.05 Å². The van der Waals surface area contributed by atoms with E-state index in [0.29, 0.717) is 23.9 Å². The van der Waals surface area contributed by atoms with Crippen LogP contribution in [0.2, 0.25) is 5.02 Å². The van der Waals surface area contributed by atoms with Crippen molar-refractivity contribution >= 4 is 34.4 Å². The number of amides is 1. The highest BCUT2D eigenvalue weighted by Gasteiger charge is 2.13. The van der Waals surface area contributed by atoms with Gasteiger partial charge in [0.1, 0.15) is 5.82 Å². The highest BCUT2D eigenvalue weighted by Crippen LogP contribution is 2.18. The monoisotopic (exact) mass is 409 g/mol. The van der Waals surface area contributed by atoms with Crippen molar-refractivity contribution in [3.63, 3.8) is 0 Å². The number of nitrogens with one attached hydrogen (secondary N) is 1. The first kappa shape index (κ1) is 19.0. The quantitative estimate of drug-likeness (QED) is 0.531. The number of carbonyl (C=O) groups is 1. The number of carbonyl (C=O) groups excluding carboxylic acids is 1. The molecule has 2 aromatic heterocycles. The van der Waals surface area contributed by atoms with Gasteiger partial charge in [-0.1, -0.05) is 41.9 Å². The molecule has 0 saturated carbocycles. The zero-order chi connectivity index (χ0) is 20.4. The fourth-order valence-corrected chi connectivity index (χ4v) is 3.55. The van der Waals surface area contributed by atoms with Gasteiger partial charge in [-0.25, -0.2) is 9.48 Å². The van der Waals surface area contributed by atoms with E-state index in [-0.39, 0.29) is 18.0 Å². The minimum Gasteiger partial charge on any atom is -0.311 e. The molecule has 0 aliphatic rings. The van der Waals surface area contributed by atoms with Crippen molar-refractivity contribution in [3.8, 4) is 0 Å². The Balaban J connectivity index is 1.46. The second-order valence-corrected chi connectivity index (χ2v) is 7.15. The number of anilines is 1. The summed E-state index contributed by atoms with van der Waals surface area (Å²) in [7, 11) is 1.73. The van der Waals surface area contributed by atoms with Gasteiger partial charge in [0, 0.05) is 31.1 Å². The fraction of sp³-hybridized carbons (Fsp3) is 0.190. The summed E-state index contributed by atoms with van der Waals surface area (Å²) in [4.78, 5) is 25.0. The number of hydrogen-bond acceptors (Lipinski definition) is 3. The second-order valence-electron chi connectivity index (χ2n) is 6.75. The van der Waals surface area contributed by atoms with Crippen LogP contribution >= 0.6 is 11.6 Å². The molecule has 4 aromatic rings. The SMILES string of the molecule is Cn1c(=O)n(CCC(=O)Nc2ccnn2Cc2ccccc2Cl)c2ccccc21. The molecule has 29 heavy (non-hydrogen) atoms. The van der Waals surface area contributed by atoms with Crippen LogP contribution in [0.5, 0.6) is 0 Å². The van der Waals surface area contributed by atoms with Crippen molar-refractivity contribution in [3.05, 3.63) is 81.9 Å². The smallest absolute Gasteiger partial charge is 0.311 e. The lowest BCUT2D eigenvalue weighted by Crippen LogP contribution is -2.25. The van der Waals surface area contributed by atoms with Gasteiger partial charge >= 0.3 is 5.69 Å². The summed E-state index contributed by atoms with van der Waals surface area (Å²) >= 11 is 6.22. The minimum atomic E-state index is -0.189. The van der Waals surface area contributed by atoms with E-state index in [4.69, 9.17) is 11.6 Å². The first-order valence-corrected chi connectivity index (χ1v) is 9.61. The minimum absolute atomic E-state index is 0.136. The van der Waals surface area contributed by atoms with Crippen LogP contribution < -0.4 is 11.0 Å². The molecule has 2 aromatic carbocycles. The average molecular weight is 410 g/mol. The molecule has 0 bridgehead atoms. The summed E-state index contributed by atoms with van der Waals surface area (Å²) in [6, 6.07) is 16.8. The summed E-state index contributed by atoms with van der Waals surface area (Å²) in [5, 5.41) is 7.79. The Hall–Kier alpha value is -3.32. The van der Waals surface area contributed by atoms with Crippen molar-refractivity contribution < 1.29 is 4.79 Å². The van der Waals surface area contributed by atoms with E-state index in [0.717, 1.165) is 16.6 Å². The number of halogens is 1. The molecule has 0 spiro atoms. The summed E-state index contributed by atoms with van der Waals surface area (Å²) in [6.07, 6.45) is 1.80. The van der Waals surface area contributed by atoms with Crippen molar-refractivity contribution in [1.29, 1.82) is 0 Å². The van der Waals surface area contributed by atoms with Crippen LogP contribution in [0.15, 0.2) is 65.6 Å². The van der Waals surface area contributed by atoms with Crippen molar-refractivity contribution in [2.45, 2.75) is 19.5 Å². The van der Waals surface area contributed by atoms with Gasteiger partial charge in [-0.15, -0.1) is 0 Å². The molecule has 1 amide bonds. The molecule has 148 valence electrons. The van der Waals surface area contributed by atoms with Gasteiger partial charge in [-0.3, -0.25) is 13.9 Å². The zero-order valence-electron chi connectivity index (χ0n) is 15.9. The molecule has 2 heterocycles. The van der Waals surface area contributed by atoms with E-state index in [9.17, 15) is 9.59 Å². The lowest BCUT2D eigenvalue weighted by molar-refractivity contribution is -0.116. The lowest BCUT2D eigenvalue weighted by Gasteiger charge is -2.10. The molecule has 7 nitrogen and oxygen atoms in total. The molecule has 1 N–H and O–H groups in total. The third-order valence-corrected chi connectivity index (χ3v) is 5.24. The summed E-state index contributed by atoms with van der Waals surface area (Å²) < 4.78 is 4.89. The van der Waals surface area contributed by atoms with Gasteiger partial charge in [-0.05, 0) is 23.8 Å². The van der Waals surface area contributed by atoms with Crippen LogP contribution in [-0.4, -0.2) is 24.8 Å². The number of hydrogen-bond donors (Lipinski definition) is 1. The van der Waals surface area contributed by atoms with E-state index in [1.165, 1.54) is 0 Å². The van der Waals surface area contributed by atoms with E-state index in [2.05, 4.69) is 10.4 Å².